The largest absolute Gasteiger partial charge is 0.339 e. The van der Waals surface area contributed by atoms with E-state index in [1.807, 2.05) is 52.3 Å². The number of amides is 2. The quantitative estimate of drug-likeness (QED) is 0.782. The van der Waals surface area contributed by atoms with Crippen molar-refractivity contribution in [1.29, 1.82) is 0 Å². The summed E-state index contributed by atoms with van der Waals surface area (Å²) in [6.45, 7) is 6.35. The van der Waals surface area contributed by atoms with Crippen LogP contribution >= 0.6 is 0 Å². The van der Waals surface area contributed by atoms with Crippen molar-refractivity contribution >= 4 is 11.8 Å². The Morgan fingerprint density at radius 1 is 0.833 bits per heavy atom. The Balaban J connectivity index is 1.29. The zero-order valence-electron chi connectivity index (χ0n) is 17.8. The van der Waals surface area contributed by atoms with Gasteiger partial charge >= 0.3 is 0 Å². The Morgan fingerprint density at radius 3 is 2.17 bits per heavy atom. The molecular formula is C25H31N3O2. The van der Waals surface area contributed by atoms with Gasteiger partial charge in [-0.25, -0.2) is 0 Å². The lowest BCUT2D eigenvalue weighted by atomic mass is 10.0. The number of likely N-dealkylation sites (tertiary alicyclic amines) is 1. The van der Waals surface area contributed by atoms with E-state index in [0.717, 1.165) is 49.2 Å². The number of carbonyl (C=O) groups is 2. The maximum absolute atomic E-state index is 12.9. The lowest BCUT2D eigenvalue weighted by Crippen LogP contribution is -2.53. The topological polar surface area (TPSA) is 43.9 Å². The number of hydrogen-bond acceptors (Lipinski definition) is 3. The summed E-state index contributed by atoms with van der Waals surface area (Å²) in [7, 11) is 0. The molecule has 5 heteroatoms. The molecular weight excluding hydrogens is 374 g/mol. The molecule has 2 aromatic rings. The molecule has 0 radical (unpaired) electrons. The van der Waals surface area contributed by atoms with Crippen molar-refractivity contribution in [3.8, 4) is 11.1 Å². The highest BCUT2D eigenvalue weighted by Gasteiger charge is 2.27. The summed E-state index contributed by atoms with van der Waals surface area (Å²) in [4.78, 5) is 31.7. The third kappa shape index (κ3) is 4.73. The molecule has 2 fully saturated rings. The molecule has 5 nitrogen and oxygen atoms in total. The van der Waals surface area contributed by atoms with Gasteiger partial charge in [0.1, 0.15) is 0 Å². The Morgan fingerprint density at radius 2 is 1.50 bits per heavy atom. The minimum Gasteiger partial charge on any atom is -0.339 e. The zero-order valence-corrected chi connectivity index (χ0v) is 17.8. The Labute approximate surface area is 179 Å². The summed E-state index contributed by atoms with van der Waals surface area (Å²) in [5.74, 6) is 0.309. The second kappa shape index (κ2) is 9.43. The highest BCUT2D eigenvalue weighted by molar-refractivity contribution is 5.94. The van der Waals surface area contributed by atoms with Gasteiger partial charge in [-0.1, -0.05) is 42.5 Å². The summed E-state index contributed by atoms with van der Waals surface area (Å²) < 4.78 is 0. The Hall–Kier alpha value is -2.66. The van der Waals surface area contributed by atoms with Gasteiger partial charge in [-0.15, -0.1) is 0 Å². The molecule has 4 rings (SSSR count). The van der Waals surface area contributed by atoms with Gasteiger partial charge < -0.3 is 9.80 Å². The lowest BCUT2D eigenvalue weighted by Gasteiger charge is -2.38. The highest BCUT2D eigenvalue weighted by Crippen LogP contribution is 2.20. The summed E-state index contributed by atoms with van der Waals surface area (Å²) >= 11 is 0. The number of benzene rings is 2. The molecule has 0 N–H and O–H groups in total. The van der Waals surface area contributed by atoms with Crippen LogP contribution in [0.25, 0.3) is 11.1 Å². The summed E-state index contributed by atoms with van der Waals surface area (Å²) in [6, 6.07) is 18.4. The molecule has 2 aliphatic rings. The van der Waals surface area contributed by atoms with E-state index in [-0.39, 0.29) is 11.8 Å². The lowest BCUT2D eigenvalue weighted by molar-refractivity contribution is -0.136. The van der Waals surface area contributed by atoms with Crippen molar-refractivity contribution in [2.45, 2.75) is 32.2 Å². The first kappa shape index (κ1) is 20.6. The Bertz CT molecular complexity index is 858. The Kier molecular flexibility index (Phi) is 6.48. The van der Waals surface area contributed by atoms with E-state index in [2.05, 4.69) is 24.0 Å². The average Bonchev–Trinajstić information content (AvgIpc) is 2.80. The minimum absolute atomic E-state index is 0.0743. The van der Waals surface area contributed by atoms with Gasteiger partial charge in [0.2, 0.25) is 5.91 Å². The van der Waals surface area contributed by atoms with Crippen molar-refractivity contribution in [3.05, 3.63) is 60.2 Å². The van der Waals surface area contributed by atoms with Crippen LogP contribution in [-0.4, -0.2) is 71.8 Å². The van der Waals surface area contributed by atoms with Gasteiger partial charge in [0.05, 0.1) is 6.54 Å². The van der Waals surface area contributed by atoms with E-state index < -0.39 is 0 Å². The molecule has 2 aromatic carbocycles. The monoisotopic (exact) mass is 405 g/mol. The smallest absolute Gasteiger partial charge is 0.253 e. The van der Waals surface area contributed by atoms with Gasteiger partial charge in [-0.05, 0) is 49.4 Å². The normalized spacial score (nSPS) is 20.2. The number of hydrogen-bond donors (Lipinski definition) is 0. The minimum atomic E-state index is 0.0743. The van der Waals surface area contributed by atoms with Crippen LogP contribution in [0.15, 0.2) is 54.6 Å². The molecule has 0 saturated carbocycles. The van der Waals surface area contributed by atoms with E-state index in [1.165, 1.54) is 6.42 Å². The fourth-order valence-corrected chi connectivity index (χ4v) is 4.48. The highest BCUT2D eigenvalue weighted by atomic mass is 16.2. The number of rotatable bonds is 4. The predicted octanol–water partition coefficient (Wildman–Crippen LogP) is 3.51. The number of piperidine rings is 1. The molecule has 2 amide bonds. The third-order valence-corrected chi connectivity index (χ3v) is 6.38. The molecule has 30 heavy (non-hydrogen) atoms. The molecule has 0 aromatic heterocycles. The van der Waals surface area contributed by atoms with E-state index >= 15 is 0 Å². The van der Waals surface area contributed by atoms with Crippen molar-refractivity contribution in [2.75, 3.05) is 39.3 Å². The van der Waals surface area contributed by atoms with Crippen LogP contribution in [0, 0.1) is 0 Å². The molecule has 0 bridgehead atoms. The SMILES string of the molecule is C[C@H]1CCCCN1C(=O)CN1CCN(C(=O)c2ccc(-c3ccccc3)cc2)CC1. The predicted molar refractivity (Wildman–Crippen MR) is 119 cm³/mol. The molecule has 2 aliphatic heterocycles. The molecule has 158 valence electrons. The average molecular weight is 406 g/mol. The zero-order chi connectivity index (χ0) is 20.9. The summed E-state index contributed by atoms with van der Waals surface area (Å²) in [6.07, 6.45) is 3.44. The van der Waals surface area contributed by atoms with Crippen LogP contribution in [0.5, 0.6) is 0 Å². The van der Waals surface area contributed by atoms with Crippen molar-refractivity contribution in [2.24, 2.45) is 0 Å². The number of carbonyl (C=O) groups excluding carboxylic acids is 2. The first-order valence-electron chi connectivity index (χ1n) is 11.1. The van der Waals surface area contributed by atoms with Crippen LogP contribution in [0.3, 0.4) is 0 Å². The van der Waals surface area contributed by atoms with E-state index in [1.54, 1.807) is 0 Å². The third-order valence-electron chi connectivity index (χ3n) is 6.38. The van der Waals surface area contributed by atoms with Gasteiger partial charge in [0, 0.05) is 44.3 Å². The van der Waals surface area contributed by atoms with Gasteiger partial charge in [-0.3, -0.25) is 14.5 Å². The van der Waals surface area contributed by atoms with Crippen molar-refractivity contribution in [3.63, 3.8) is 0 Å². The van der Waals surface area contributed by atoms with Gasteiger partial charge in [0.15, 0.2) is 0 Å². The van der Waals surface area contributed by atoms with Gasteiger partial charge in [-0.2, -0.15) is 0 Å². The van der Waals surface area contributed by atoms with Crippen LogP contribution in [-0.2, 0) is 4.79 Å². The molecule has 2 saturated heterocycles. The first-order chi connectivity index (χ1) is 14.6. The molecule has 0 aliphatic carbocycles. The molecule has 0 spiro atoms. The van der Waals surface area contributed by atoms with Crippen molar-refractivity contribution < 1.29 is 9.59 Å². The van der Waals surface area contributed by atoms with Crippen LogP contribution in [0.1, 0.15) is 36.5 Å². The summed E-state index contributed by atoms with van der Waals surface area (Å²) in [5.41, 5.74) is 2.99. The standard InChI is InChI=1S/C25H31N3O2/c1-20-7-5-6-14-28(20)24(29)19-26-15-17-27(18-16-26)25(30)23-12-10-22(11-13-23)21-8-3-2-4-9-21/h2-4,8-13,20H,5-7,14-19H2,1H3/t20-/m0/s1. The van der Waals surface area contributed by atoms with Crippen molar-refractivity contribution in [1.82, 2.24) is 14.7 Å². The van der Waals surface area contributed by atoms with E-state index in [9.17, 15) is 9.59 Å². The van der Waals surface area contributed by atoms with Crippen LogP contribution in [0.4, 0.5) is 0 Å². The van der Waals surface area contributed by atoms with Gasteiger partial charge in [0.25, 0.3) is 5.91 Å². The number of piperazine rings is 1. The van der Waals surface area contributed by atoms with E-state index in [0.29, 0.717) is 25.7 Å². The molecule has 0 unspecified atom stereocenters. The summed E-state index contributed by atoms with van der Waals surface area (Å²) in [5, 5.41) is 0. The second-order valence-corrected chi connectivity index (χ2v) is 8.44. The van der Waals surface area contributed by atoms with Crippen LogP contribution < -0.4 is 0 Å². The first-order valence-corrected chi connectivity index (χ1v) is 11.1. The molecule has 2 heterocycles. The molecule has 1 atom stereocenters. The van der Waals surface area contributed by atoms with Crippen LogP contribution in [0.2, 0.25) is 0 Å². The second-order valence-electron chi connectivity index (χ2n) is 8.44. The maximum atomic E-state index is 12.9. The fraction of sp³-hybridized carbons (Fsp3) is 0.440. The van der Waals surface area contributed by atoms with E-state index in [4.69, 9.17) is 0 Å². The number of nitrogens with zero attached hydrogens (tertiary/aromatic N) is 3. The fourth-order valence-electron chi connectivity index (χ4n) is 4.48. The maximum Gasteiger partial charge on any atom is 0.253 e.